The molecule has 6 nitrogen and oxygen atoms in total. The van der Waals surface area contributed by atoms with Crippen molar-refractivity contribution in [1.29, 1.82) is 0 Å². The highest BCUT2D eigenvalue weighted by atomic mass is 32.1. The molecule has 0 spiro atoms. The van der Waals surface area contributed by atoms with E-state index < -0.39 is 0 Å². The Kier molecular flexibility index (Phi) is 6.24. The van der Waals surface area contributed by atoms with Crippen LogP contribution >= 0.6 is 11.3 Å². The first-order valence-electron chi connectivity index (χ1n) is 9.32. The van der Waals surface area contributed by atoms with E-state index in [1.54, 1.807) is 18.2 Å². The van der Waals surface area contributed by atoms with Gasteiger partial charge in [-0.3, -0.25) is 4.79 Å². The quantitative estimate of drug-likeness (QED) is 0.721. The predicted molar refractivity (Wildman–Crippen MR) is 109 cm³/mol. The van der Waals surface area contributed by atoms with Crippen molar-refractivity contribution >= 4 is 28.2 Å². The number of hydrogen-bond acceptors (Lipinski definition) is 6. The van der Waals surface area contributed by atoms with Crippen molar-refractivity contribution < 1.29 is 23.8 Å². The molecule has 1 aromatic heterocycles. The molecule has 0 unspecified atom stereocenters. The molecular formula is C21H25NO5S. The minimum atomic E-state index is -0.382. The molecule has 0 saturated carbocycles. The number of amides is 1. The van der Waals surface area contributed by atoms with Crippen LogP contribution in [0.3, 0.4) is 0 Å². The predicted octanol–water partition coefficient (Wildman–Crippen LogP) is 4.46. The molecule has 150 valence electrons. The molecule has 1 heterocycles. The summed E-state index contributed by atoms with van der Waals surface area (Å²) in [5.74, 6) is 0.339. The number of ether oxygens (including phenoxy) is 3. The van der Waals surface area contributed by atoms with Crippen molar-refractivity contribution in [3.05, 3.63) is 39.8 Å². The number of thiophene rings is 1. The SMILES string of the molecule is COc1cc(OC)cc(C(=O)Nc2sc3c(c2C(=O)OC(C)C)CCCC3)c1. The lowest BCUT2D eigenvalue weighted by Gasteiger charge is -2.14. The van der Waals surface area contributed by atoms with E-state index >= 15 is 0 Å². The number of benzene rings is 1. The van der Waals surface area contributed by atoms with Crippen LogP contribution in [0.4, 0.5) is 5.00 Å². The van der Waals surface area contributed by atoms with Crippen molar-refractivity contribution in [2.24, 2.45) is 0 Å². The van der Waals surface area contributed by atoms with E-state index in [4.69, 9.17) is 14.2 Å². The van der Waals surface area contributed by atoms with E-state index in [1.165, 1.54) is 25.6 Å². The number of carbonyl (C=O) groups is 2. The van der Waals surface area contributed by atoms with E-state index in [0.29, 0.717) is 27.6 Å². The Bertz CT molecular complexity index is 865. The van der Waals surface area contributed by atoms with Crippen LogP contribution in [0.5, 0.6) is 11.5 Å². The minimum absolute atomic E-state index is 0.224. The zero-order chi connectivity index (χ0) is 20.3. The summed E-state index contributed by atoms with van der Waals surface area (Å²) in [4.78, 5) is 26.8. The third kappa shape index (κ3) is 4.30. The lowest BCUT2D eigenvalue weighted by molar-refractivity contribution is 0.0378. The zero-order valence-electron chi connectivity index (χ0n) is 16.6. The molecular weight excluding hydrogens is 378 g/mol. The monoisotopic (exact) mass is 403 g/mol. The summed E-state index contributed by atoms with van der Waals surface area (Å²) >= 11 is 1.46. The normalized spacial score (nSPS) is 13.0. The summed E-state index contributed by atoms with van der Waals surface area (Å²) in [5.41, 5.74) is 1.91. The molecule has 28 heavy (non-hydrogen) atoms. The van der Waals surface area contributed by atoms with Gasteiger partial charge in [0.1, 0.15) is 16.5 Å². The number of esters is 1. The zero-order valence-corrected chi connectivity index (χ0v) is 17.4. The number of fused-ring (bicyclic) bond motifs is 1. The summed E-state index contributed by atoms with van der Waals surface area (Å²) in [7, 11) is 3.06. The number of carbonyl (C=O) groups excluding carboxylic acids is 2. The Morgan fingerprint density at radius 1 is 1.04 bits per heavy atom. The average Bonchev–Trinajstić information content (AvgIpc) is 3.04. The third-order valence-corrected chi connectivity index (χ3v) is 5.77. The van der Waals surface area contributed by atoms with Gasteiger partial charge >= 0.3 is 5.97 Å². The number of nitrogens with one attached hydrogen (secondary N) is 1. The van der Waals surface area contributed by atoms with Crippen LogP contribution in [0, 0.1) is 0 Å². The molecule has 0 atom stereocenters. The lowest BCUT2D eigenvalue weighted by atomic mass is 9.95. The maximum absolute atomic E-state index is 12.9. The van der Waals surface area contributed by atoms with Gasteiger partial charge in [0.2, 0.25) is 0 Å². The Hall–Kier alpha value is -2.54. The molecule has 0 fully saturated rings. The molecule has 1 aliphatic carbocycles. The molecule has 2 aromatic rings. The van der Waals surface area contributed by atoms with E-state index in [0.717, 1.165) is 36.1 Å². The van der Waals surface area contributed by atoms with Gasteiger partial charge in [-0.2, -0.15) is 0 Å². The highest BCUT2D eigenvalue weighted by Gasteiger charge is 2.28. The average molecular weight is 404 g/mol. The van der Waals surface area contributed by atoms with Crippen molar-refractivity contribution in [2.75, 3.05) is 19.5 Å². The first kappa shape index (κ1) is 20.2. The molecule has 1 aromatic carbocycles. The lowest BCUT2D eigenvalue weighted by Crippen LogP contribution is -2.18. The Labute approximate surface area is 168 Å². The van der Waals surface area contributed by atoms with Gasteiger partial charge in [0.05, 0.1) is 25.9 Å². The molecule has 0 saturated heterocycles. The minimum Gasteiger partial charge on any atom is -0.497 e. The summed E-state index contributed by atoms with van der Waals surface area (Å²) in [5, 5.41) is 3.45. The van der Waals surface area contributed by atoms with E-state index in [1.807, 2.05) is 13.8 Å². The van der Waals surface area contributed by atoms with E-state index in [2.05, 4.69) is 5.32 Å². The van der Waals surface area contributed by atoms with Gasteiger partial charge in [0, 0.05) is 16.5 Å². The Morgan fingerprint density at radius 3 is 2.29 bits per heavy atom. The number of hydrogen-bond donors (Lipinski definition) is 1. The van der Waals surface area contributed by atoms with Gasteiger partial charge in [-0.1, -0.05) is 0 Å². The van der Waals surface area contributed by atoms with E-state index in [9.17, 15) is 9.59 Å². The number of rotatable bonds is 6. The van der Waals surface area contributed by atoms with Crippen LogP contribution in [0.15, 0.2) is 18.2 Å². The van der Waals surface area contributed by atoms with Gasteiger partial charge in [0.15, 0.2) is 0 Å². The van der Waals surface area contributed by atoms with Gasteiger partial charge in [-0.25, -0.2) is 4.79 Å². The van der Waals surface area contributed by atoms with E-state index in [-0.39, 0.29) is 18.0 Å². The van der Waals surface area contributed by atoms with Crippen LogP contribution in [0.25, 0.3) is 0 Å². The van der Waals surface area contributed by atoms with Crippen molar-refractivity contribution in [1.82, 2.24) is 0 Å². The Balaban J connectivity index is 1.94. The fourth-order valence-corrected chi connectivity index (χ4v) is 4.53. The first-order chi connectivity index (χ1) is 13.4. The van der Waals surface area contributed by atoms with Crippen molar-refractivity contribution in [3.8, 4) is 11.5 Å². The number of anilines is 1. The van der Waals surface area contributed by atoms with Crippen molar-refractivity contribution in [2.45, 2.75) is 45.6 Å². The fraction of sp³-hybridized carbons (Fsp3) is 0.429. The molecule has 1 N–H and O–H groups in total. The van der Waals surface area contributed by atoms with Crippen LogP contribution in [0.1, 0.15) is 57.8 Å². The molecule has 7 heteroatoms. The van der Waals surface area contributed by atoms with Gasteiger partial charge < -0.3 is 19.5 Å². The molecule has 0 radical (unpaired) electrons. The maximum atomic E-state index is 12.9. The highest BCUT2D eigenvalue weighted by Crippen LogP contribution is 2.39. The first-order valence-corrected chi connectivity index (χ1v) is 10.1. The number of methoxy groups -OCH3 is 2. The standard InChI is InChI=1S/C21H25NO5S/c1-12(2)27-21(24)18-16-7-5-6-8-17(16)28-20(18)22-19(23)13-9-14(25-3)11-15(10-13)26-4/h9-12H,5-8H2,1-4H3,(H,22,23). The molecule has 0 aliphatic heterocycles. The topological polar surface area (TPSA) is 73.9 Å². The van der Waals surface area contributed by atoms with Gasteiger partial charge in [-0.15, -0.1) is 11.3 Å². The highest BCUT2D eigenvalue weighted by molar-refractivity contribution is 7.17. The number of aryl methyl sites for hydroxylation is 1. The molecule has 0 bridgehead atoms. The third-order valence-electron chi connectivity index (χ3n) is 4.56. The molecule has 3 rings (SSSR count). The summed E-state index contributed by atoms with van der Waals surface area (Å²) in [6, 6.07) is 4.97. The second-order valence-corrected chi connectivity index (χ2v) is 8.03. The van der Waals surface area contributed by atoms with Crippen LogP contribution in [-0.4, -0.2) is 32.2 Å². The maximum Gasteiger partial charge on any atom is 0.341 e. The van der Waals surface area contributed by atoms with Gasteiger partial charge in [0.25, 0.3) is 5.91 Å². The Morgan fingerprint density at radius 2 is 1.68 bits per heavy atom. The molecule has 1 aliphatic rings. The van der Waals surface area contributed by atoms with Gasteiger partial charge in [-0.05, 0) is 57.2 Å². The second-order valence-electron chi connectivity index (χ2n) is 6.92. The fourth-order valence-electron chi connectivity index (χ4n) is 3.26. The largest absolute Gasteiger partial charge is 0.497 e. The smallest absolute Gasteiger partial charge is 0.341 e. The van der Waals surface area contributed by atoms with Crippen LogP contribution in [-0.2, 0) is 17.6 Å². The molecule has 1 amide bonds. The van der Waals surface area contributed by atoms with Crippen LogP contribution in [0.2, 0.25) is 0 Å². The summed E-state index contributed by atoms with van der Waals surface area (Å²) < 4.78 is 15.9. The second kappa shape index (κ2) is 8.65. The van der Waals surface area contributed by atoms with Crippen LogP contribution < -0.4 is 14.8 Å². The van der Waals surface area contributed by atoms with Crippen molar-refractivity contribution in [3.63, 3.8) is 0 Å². The summed E-state index contributed by atoms with van der Waals surface area (Å²) in [6.45, 7) is 3.63. The summed E-state index contributed by atoms with van der Waals surface area (Å²) in [6.07, 6.45) is 3.65.